The van der Waals surface area contributed by atoms with Gasteiger partial charge in [0.2, 0.25) is 0 Å². The zero-order valence-electron chi connectivity index (χ0n) is 5.70. The van der Waals surface area contributed by atoms with Crippen LogP contribution >= 0.6 is 22.6 Å². The minimum absolute atomic E-state index is 0.946. The number of unbranched alkanes of at least 4 members (excludes halogenated alkanes) is 1. The van der Waals surface area contributed by atoms with Crippen LogP contribution in [0, 0.1) is 0 Å². The third-order valence-electron chi connectivity index (χ3n) is 1.03. The smallest absolute Gasteiger partial charge is 0.0132 e. The Labute approximate surface area is 71.1 Å². The molecule has 1 nitrogen and oxygen atoms in total. The molecule has 0 aliphatic rings. The summed E-state index contributed by atoms with van der Waals surface area (Å²) in [4.78, 5) is 0. The SMILES string of the molecule is C=CCNCCCCI. The van der Waals surface area contributed by atoms with Crippen LogP contribution in [-0.4, -0.2) is 17.5 Å². The first kappa shape index (κ1) is 9.43. The Morgan fingerprint density at radius 1 is 1.44 bits per heavy atom. The van der Waals surface area contributed by atoms with Gasteiger partial charge in [-0.1, -0.05) is 28.7 Å². The molecule has 0 rings (SSSR count). The Balaban J connectivity index is 2.66. The predicted octanol–water partition coefficient (Wildman–Crippen LogP) is 1.98. The fraction of sp³-hybridized carbons (Fsp3) is 0.714. The zero-order chi connectivity index (χ0) is 6.95. The van der Waals surface area contributed by atoms with Crippen LogP contribution in [-0.2, 0) is 0 Å². The van der Waals surface area contributed by atoms with Gasteiger partial charge in [0.1, 0.15) is 0 Å². The van der Waals surface area contributed by atoms with Crippen LogP contribution in [0.2, 0.25) is 0 Å². The van der Waals surface area contributed by atoms with Crippen LogP contribution in [0.4, 0.5) is 0 Å². The normalized spacial score (nSPS) is 9.44. The second-order valence-electron chi connectivity index (χ2n) is 1.89. The van der Waals surface area contributed by atoms with Gasteiger partial charge < -0.3 is 5.32 Å². The van der Waals surface area contributed by atoms with Crippen molar-refractivity contribution in [1.82, 2.24) is 5.32 Å². The van der Waals surface area contributed by atoms with Crippen molar-refractivity contribution in [2.75, 3.05) is 17.5 Å². The van der Waals surface area contributed by atoms with Gasteiger partial charge in [-0.2, -0.15) is 0 Å². The Morgan fingerprint density at radius 3 is 2.78 bits per heavy atom. The summed E-state index contributed by atoms with van der Waals surface area (Å²) in [5.41, 5.74) is 0. The van der Waals surface area contributed by atoms with Crippen LogP contribution in [0.15, 0.2) is 12.7 Å². The Morgan fingerprint density at radius 2 is 2.22 bits per heavy atom. The lowest BCUT2D eigenvalue weighted by Gasteiger charge is -1.97. The van der Waals surface area contributed by atoms with E-state index in [1.54, 1.807) is 0 Å². The average molecular weight is 239 g/mol. The van der Waals surface area contributed by atoms with E-state index in [9.17, 15) is 0 Å². The summed E-state index contributed by atoms with van der Waals surface area (Å²) in [6, 6.07) is 0. The second-order valence-corrected chi connectivity index (χ2v) is 2.97. The molecule has 9 heavy (non-hydrogen) atoms. The summed E-state index contributed by atoms with van der Waals surface area (Å²) in [7, 11) is 0. The molecule has 0 unspecified atom stereocenters. The Bertz CT molecular complexity index is 63.9. The minimum Gasteiger partial charge on any atom is -0.313 e. The lowest BCUT2D eigenvalue weighted by Crippen LogP contribution is -2.14. The molecule has 0 heterocycles. The molecular formula is C7H14IN. The van der Waals surface area contributed by atoms with E-state index in [2.05, 4.69) is 34.5 Å². The molecule has 0 aromatic carbocycles. The maximum absolute atomic E-state index is 3.61. The third-order valence-corrected chi connectivity index (χ3v) is 1.79. The molecule has 54 valence electrons. The van der Waals surface area contributed by atoms with E-state index in [1.807, 2.05) is 6.08 Å². The number of nitrogens with one attached hydrogen (secondary N) is 1. The minimum atomic E-state index is 0.946. The first-order valence-corrected chi connectivity index (χ1v) is 4.82. The molecular weight excluding hydrogens is 225 g/mol. The van der Waals surface area contributed by atoms with Crippen molar-refractivity contribution >= 4 is 22.6 Å². The van der Waals surface area contributed by atoms with E-state index in [0.717, 1.165) is 13.1 Å². The molecule has 0 amide bonds. The summed E-state index contributed by atoms with van der Waals surface area (Å²) in [5, 5.41) is 3.25. The molecule has 0 saturated heterocycles. The molecule has 0 radical (unpaired) electrons. The van der Waals surface area contributed by atoms with Gasteiger partial charge in [-0.05, 0) is 23.8 Å². The maximum atomic E-state index is 3.61. The van der Waals surface area contributed by atoms with E-state index in [1.165, 1.54) is 17.3 Å². The monoisotopic (exact) mass is 239 g/mol. The molecule has 0 atom stereocenters. The van der Waals surface area contributed by atoms with Crippen LogP contribution in [0.1, 0.15) is 12.8 Å². The third kappa shape index (κ3) is 8.43. The highest BCUT2D eigenvalue weighted by atomic mass is 127. The van der Waals surface area contributed by atoms with Crippen molar-refractivity contribution in [3.8, 4) is 0 Å². The maximum Gasteiger partial charge on any atom is 0.0132 e. The highest BCUT2D eigenvalue weighted by Crippen LogP contribution is 1.91. The van der Waals surface area contributed by atoms with E-state index >= 15 is 0 Å². The van der Waals surface area contributed by atoms with E-state index in [-0.39, 0.29) is 0 Å². The van der Waals surface area contributed by atoms with Crippen molar-refractivity contribution < 1.29 is 0 Å². The highest BCUT2D eigenvalue weighted by Gasteiger charge is 1.83. The molecule has 2 heteroatoms. The molecule has 0 aliphatic carbocycles. The topological polar surface area (TPSA) is 12.0 Å². The first-order chi connectivity index (χ1) is 4.41. The Kier molecular flexibility index (Phi) is 8.83. The first-order valence-electron chi connectivity index (χ1n) is 3.29. The quantitative estimate of drug-likeness (QED) is 0.323. The van der Waals surface area contributed by atoms with Crippen LogP contribution < -0.4 is 5.32 Å². The van der Waals surface area contributed by atoms with Gasteiger partial charge in [0.25, 0.3) is 0 Å². The fourth-order valence-electron chi connectivity index (χ4n) is 0.549. The summed E-state index contributed by atoms with van der Waals surface area (Å²) < 4.78 is 1.27. The molecule has 0 fully saturated rings. The Hall–Kier alpha value is 0.430. The molecule has 0 aliphatic heterocycles. The number of hydrogen-bond acceptors (Lipinski definition) is 1. The highest BCUT2D eigenvalue weighted by molar-refractivity contribution is 14.1. The molecule has 0 bridgehead atoms. The van der Waals surface area contributed by atoms with Crippen molar-refractivity contribution in [1.29, 1.82) is 0 Å². The fourth-order valence-corrected chi connectivity index (χ4v) is 1.09. The van der Waals surface area contributed by atoms with Gasteiger partial charge >= 0.3 is 0 Å². The molecule has 0 spiro atoms. The van der Waals surface area contributed by atoms with E-state index in [4.69, 9.17) is 0 Å². The van der Waals surface area contributed by atoms with Gasteiger partial charge in [0.05, 0.1) is 0 Å². The van der Waals surface area contributed by atoms with Crippen LogP contribution in [0.5, 0.6) is 0 Å². The lowest BCUT2D eigenvalue weighted by molar-refractivity contribution is 0.688. The average Bonchev–Trinajstić information content (AvgIpc) is 1.89. The van der Waals surface area contributed by atoms with Crippen molar-refractivity contribution in [2.45, 2.75) is 12.8 Å². The van der Waals surface area contributed by atoms with Crippen LogP contribution in [0.3, 0.4) is 0 Å². The summed E-state index contributed by atoms with van der Waals surface area (Å²) in [5.74, 6) is 0. The molecule has 0 aromatic rings. The number of rotatable bonds is 6. The number of alkyl halides is 1. The molecule has 0 aromatic heterocycles. The van der Waals surface area contributed by atoms with E-state index < -0.39 is 0 Å². The molecule has 1 N–H and O–H groups in total. The number of hydrogen-bond donors (Lipinski definition) is 1. The van der Waals surface area contributed by atoms with Gasteiger partial charge in [-0.3, -0.25) is 0 Å². The zero-order valence-corrected chi connectivity index (χ0v) is 7.86. The second kappa shape index (κ2) is 8.43. The standard InChI is InChI=1S/C7H14IN/c1-2-6-9-7-4-3-5-8/h2,9H,1,3-7H2. The van der Waals surface area contributed by atoms with Crippen molar-refractivity contribution in [2.24, 2.45) is 0 Å². The van der Waals surface area contributed by atoms with Crippen LogP contribution in [0.25, 0.3) is 0 Å². The summed E-state index contributed by atoms with van der Waals surface area (Å²) in [6.45, 7) is 5.69. The van der Waals surface area contributed by atoms with Gasteiger partial charge in [0.15, 0.2) is 0 Å². The molecule has 0 saturated carbocycles. The summed E-state index contributed by atoms with van der Waals surface area (Å²) >= 11 is 2.40. The van der Waals surface area contributed by atoms with Crippen molar-refractivity contribution in [3.05, 3.63) is 12.7 Å². The van der Waals surface area contributed by atoms with Gasteiger partial charge in [-0.25, -0.2) is 0 Å². The largest absolute Gasteiger partial charge is 0.313 e. The predicted molar refractivity (Wildman–Crippen MR) is 51.2 cm³/mol. The van der Waals surface area contributed by atoms with Gasteiger partial charge in [0, 0.05) is 6.54 Å². The summed E-state index contributed by atoms with van der Waals surface area (Å²) in [6.07, 6.45) is 4.51. The van der Waals surface area contributed by atoms with Crippen molar-refractivity contribution in [3.63, 3.8) is 0 Å². The van der Waals surface area contributed by atoms with E-state index in [0.29, 0.717) is 0 Å². The van der Waals surface area contributed by atoms with Gasteiger partial charge in [-0.15, -0.1) is 6.58 Å². The number of halogens is 1. The lowest BCUT2D eigenvalue weighted by atomic mass is 10.3.